The molecule has 0 aromatic heterocycles. The molecular weight excluding hydrogens is 258 g/mol. The summed E-state index contributed by atoms with van der Waals surface area (Å²) < 4.78 is 4.97. The van der Waals surface area contributed by atoms with Gasteiger partial charge in [-0.05, 0) is 31.4 Å². The van der Waals surface area contributed by atoms with Crippen molar-refractivity contribution >= 4 is 17.1 Å². The highest BCUT2D eigenvalue weighted by atomic mass is 16.6. The summed E-state index contributed by atoms with van der Waals surface area (Å²) in [5.74, 6) is 0. The minimum Gasteiger partial charge on any atom is -0.385 e. The number of rotatable bonds is 10. The molecule has 0 fully saturated rings. The molecule has 0 radical (unpaired) electrons. The lowest BCUT2D eigenvalue weighted by molar-refractivity contribution is -0.383. The molecule has 0 heterocycles. The molecule has 0 aliphatic rings. The lowest BCUT2D eigenvalue weighted by Gasteiger charge is -2.11. The number of nitrogens with one attached hydrogen (secondary N) is 2. The number of hydrogen-bond donors (Lipinski definition) is 2. The Hall–Kier alpha value is -1.82. The third-order valence-corrected chi connectivity index (χ3v) is 2.87. The van der Waals surface area contributed by atoms with E-state index in [1.165, 1.54) is 0 Å². The van der Waals surface area contributed by atoms with Crippen molar-refractivity contribution in [3.63, 3.8) is 0 Å². The van der Waals surface area contributed by atoms with E-state index in [9.17, 15) is 10.1 Å². The lowest BCUT2D eigenvalue weighted by Crippen LogP contribution is -2.08. The van der Waals surface area contributed by atoms with Crippen molar-refractivity contribution in [1.29, 1.82) is 0 Å². The van der Waals surface area contributed by atoms with Crippen LogP contribution in [0, 0.1) is 10.1 Å². The van der Waals surface area contributed by atoms with Crippen molar-refractivity contribution < 1.29 is 9.66 Å². The molecule has 112 valence electrons. The van der Waals surface area contributed by atoms with Crippen LogP contribution in [0.1, 0.15) is 26.2 Å². The number of unbranched alkanes of at least 4 members (excludes halogenated alkanes) is 1. The average molecular weight is 281 g/mol. The Balaban J connectivity index is 2.71. The quantitative estimate of drug-likeness (QED) is 0.391. The van der Waals surface area contributed by atoms with Gasteiger partial charge in [0, 0.05) is 26.8 Å². The summed E-state index contributed by atoms with van der Waals surface area (Å²) >= 11 is 0. The number of nitro groups is 1. The van der Waals surface area contributed by atoms with Crippen molar-refractivity contribution in [3.8, 4) is 0 Å². The van der Waals surface area contributed by atoms with Crippen LogP contribution in [0.15, 0.2) is 18.2 Å². The Kier molecular flexibility index (Phi) is 7.42. The van der Waals surface area contributed by atoms with Gasteiger partial charge in [-0.1, -0.05) is 13.0 Å². The highest BCUT2D eigenvalue weighted by molar-refractivity contribution is 5.76. The van der Waals surface area contributed by atoms with E-state index in [0.717, 1.165) is 25.8 Å². The summed E-state index contributed by atoms with van der Waals surface area (Å²) in [6, 6.07) is 5.30. The number of nitro benzene ring substituents is 1. The molecule has 0 spiro atoms. The second-order valence-electron chi connectivity index (χ2n) is 4.51. The summed E-state index contributed by atoms with van der Waals surface area (Å²) in [5, 5.41) is 17.5. The second kappa shape index (κ2) is 9.14. The Bertz CT molecular complexity index is 424. The second-order valence-corrected chi connectivity index (χ2v) is 4.51. The van der Waals surface area contributed by atoms with Gasteiger partial charge in [-0.2, -0.15) is 0 Å². The number of anilines is 2. The van der Waals surface area contributed by atoms with Crippen molar-refractivity contribution in [1.82, 2.24) is 0 Å². The maximum Gasteiger partial charge on any atom is 0.315 e. The van der Waals surface area contributed by atoms with Gasteiger partial charge >= 0.3 is 5.69 Å². The molecule has 1 aromatic carbocycles. The van der Waals surface area contributed by atoms with Crippen LogP contribution in [0.5, 0.6) is 0 Å². The normalized spacial score (nSPS) is 10.3. The van der Waals surface area contributed by atoms with Gasteiger partial charge in [0.05, 0.1) is 4.92 Å². The van der Waals surface area contributed by atoms with Crippen LogP contribution in [0.4, 0.5) is 17.1 Å². The van der Waals surface area contributed by atoms with Gasteiger partial charge in [-0.25, -0.2) is 0 Å². The van der Waals surface area contributed by atoms with Gasteiger partial charge in [0.2, 0.25) is 0 Å². The molecular formula is C14H23N3O3. The zero-order valence-corrected chi connectivity index (χ0v) is 12.1. The molecule has 1 rings (SSSR count). The maximum absolute atomic E-state index is 11.2. The first-order valence-electron chi connectivity index (χ1n) is 6.94. The van der Waals surface area contributed by atoms with Gasteiger partial charge < -0.3 is 15.4 Å². The van der Waals surface area contributed by atoms with Gasteiger partial charge in [0.25, 0.3) is 0 Å². The first-order chi connectivity index (χ1) is 9.70. The van der Waals surface area contributed by atoms with Crippen LogP contribution in [0.3, 0.4) is 0 Å². The molecule has 0 unspecified atom stereocenters. The predicted molar refractivity (Wildman–Crippen MR) is 81.5 cm³/mol. The van der Waals surface area contributed by atoms with Crippen LogP contribution in [-0.2, 0) is 4.74 Å². The molecule has 0 aliphatic heterocycles. The van der Waals surface area contributed by atoms with E-state index in [1.54, 1.807) is 19.2 Å². The van der Waals surface area contributed by atoms with E-state index in [4.69, 9.17) is 4.74 Å². The van der Waals surface area contributed by atoms with Crippen molar-refractivity contribution in [2.24, 2.45) is 0 Å². The predicted octanol–water partition coefficient (Wildman–Crippen LogP) is 3.26. The molecule has 0 bridgehead atoms. The van der Waals surface area contributed by atoms with Gasteiger partial charge in [0.1, 0.15) is 11.4 Å². The molecule has 0 saturated heterocycles. The van der Waals surface area contributed by atoms with E-state index < -0.39 is 0 Å². The van der Waals surface area contributed by atoms with Crippen LogP contribution in [0.25, 0.3) is 0 Å². The zero-order chi connectivity index (χ0) is 14.8. The topological polar surface area (TPSA) is 76.4 Å². The fourth-order valence-corrected chi connectivity index (χ4v) is 1.88. The van der Waals surface area contributed by atoms with Crippen molar-refractivity contribution in [2.45, 2.75) is 26.2 Å². The maximum atomic E-state index is 11.2. The lowest BCUT2D eigenvalue weighted by atomic mass is 10.2. The summed E-state index contributed by atoms with van der Waals surface area (Å²) in [6.45, 7) is 4.15. The highest BCUT2D eigenvalue weighted by Crippen LogP contribution is 2.32. The van der Waals surface area contributed by atoms with E-state index in [0.29, 0.717) is 24.5 Å². The number of benzene rings is 1. The fourth-order valence-electron chi connectivity index (χ4n) is 1.88. The first kappa shape index (κ1) is 16.2. The summed E-state index contributed by atoms with van der Waals surface area (Å²) in [6.07, 6.45) is 2.77. The van der Waals surface area contributed by atoms with Crippen LogP contribution in [0.2, 0.25) is 0 Å². The Morgan fingerprint density at radius 3 is 2.40 bits per heavy atom. The van der Waals surface area contributed by atoms with Crippen LogP contribution in [-0.4, -0.2) is 31.7 Å². The smallest absolute Gasteiger partial charge is 0.315 e. The molecule has 0 atom stereocenters. The molecule has 1 aromatic rings. The summed E-state index contributed by atoms with van der Waals surface area (Å²) in [5.41, 5.74) is 1.25. The van der Waals surface area contributed by atoms with Crippen molar-refractivity contribution in [3.05, 3.63) is 28.3 Å². The first-order valence-corrected chi connectivity index (χ1v) is 6.94. The highest BCUT2D eigenvalue weighted by Gasteiger charge is 2.18. The minimum absolute atomic E-state index is 0.118. The molecule has 0 amide bonds. The van der Waals surface area contributed by atoms with E-state index in [2.05, 4.69) is 10.6 Å². The zero-order valence-electron chi connectivity index (χ0n) is 12.1. The van der Waals surface area contributed by atoms with Gasteiger partial charge in [-0.15, -0.1) is 0 Å². The molecule has 6 nitrogen and oxygen atoms in total. The number of ether oxygens (including phenoxy) is 1. The summed E-state index contributed by atoms with van der Waals surface area (Å²) in [7, 11) is 1.67. The monoisotopic (exact) mass is 281 g/mol. The summed E-state index contributed by atoms with van der Waals surface area (Å²) in [4.78, 5) is 10.9. The van der Waals surface area contributed by atoms with E-state index >= 15 is 0 Å². The minimum atomic E-state index is -0.338. The number of para-hydroxylation sites is 1. The van der Waals surface area contributed by atoms with E-state index in [-0.39, 0.29) is 10.6 Å². The third kappa shape index (κ3) is 5.05. The molecule has 0 saturated carbocycles. The molecule has 2 N–H and O–H groups in total. The van der Waals surface area contributed by atoms with Crippen LogP contribution >= 0.6 is 0 Å². The van der Waals surface area contributed by atoms with Gasteiger partial charge in [-0.3, -0.25) is 10.1 Å². The van der Waals surface area contributed by atoms with E-state index in [1.807, 2.05) is 13.0 Å². The molecule has 6 heteroatoms. The average Bonchev–Trinajstić information content (AvgIpc) is 2.44. The fraction of sp³-hybridized carbons (Fsp3) is 0.571. The number of nitrogens with zero attached hydrogens (tertiary/aromatic N) is 1. The number of methoxy groups -OCH3 is 1. The Morgan fingerprint density at radius 2 is 1.85 bits per heavy atom. The SMILES string of the molecule is CCCNc1cccc(NCCCCOC)c1[N+](=O)[O-]. The Morgan fingerprint density at radius 1 is 1.20 bits per heavy atom. The van der Waals surface area contributed by atoms with Crippen molar-refractivity contribution in [2.75, 3.05) is 37.4 Å². The van der Waals surface area contributed by atoms with Gasteiger partial charge in [0.15, 0.2) is 0 Å². The standard InChI is InChI=1S/C14H23N3O3/c1-3-9-15-12-7-6-8-13(14(12)17(18)19)16-10-4-5-11-20-2/h6-8,15-16H,3-5,9-11H2,1-2H3. The Labute approximate surface area is 119 Å². The third-order valence-electron chi connectivity index (χ3n) is 2.87. The number of hydrogen-bond acceptors (Lipinski definition) is 5. The van der Waals surface area contributed by atoms with Crippen LogP contribution < -0.4 is 10.6 Å². The largest absolute Gasteiger partial charge is 0.385 e. The molecule has 0 aliphatic carbocycles. The molecule has 20 heavy (non-hydrogen) atoms.